The van der Waals surface area contributed by atoms with Gasteiger partial charge in [0.05, 0.1) is 6.54 Å². The van der Waals surface area contributed by atoms with E-state index < -0.39 is 0 Å². The minimum Gasteiger partial charge on any atom is -0.274 e. The number of hydrogen-bond acceptors (Lipinski definition) is 5. The first-order valence-electron chi connectivity index (χ1n) is 12.3. The van der Waals surface area contributed by atoms with E-state index in [-0.39, 0.29) is 5.69 Å². The Bertz CT molecular complexity index is 1220. The quantitative estimate of drug-likeness (QED) is 0.305. The van der Waals surface area contributed by atoms with Crippen LogP contribution in [0.5, 0.6) is 0 Å². The monoisotopic (exact) mass is 459 g/mol. The molecule has 178 valence electrons. The number of unbranched alkanes of at least 4 members (excludes halogenated alkanes) is 4. The normalized spacial score (nSPS) is 11.2. The Kier molecular flexibility index (Phi) is 8.01. The smallest absolute Gasteiger partial charge is 0.274 e. The van der Waals surface area contributed by atoms with Gasteiger partial charge in [0.25, 0.3) is 0 Å². The average molecular weight is 460 g/mol. The molecule has 0 fully saturated rings. The van der Waals surface area contributed by atoms with Gasteiger partial charge in [0.15, 0.2) is 5.82 Å². The number of nitrogens with one attached hydrogen (secondary N) is 1. The summed E-state index contributed by atoms with van der Waals surface area (Å²) in [6.45, 7) is 5.58. The number of rotatable bonds is 12. The lowest BCUT2D eigenvalue weighted by Crippen LogP contribution is -2.26. The highest BCUT2D eigenvalue weighted by atomic mass is 16.2. The number of aromatic nitrogens is 7. The van der Waals surface area contributed by atoms with Crippen molar-refractivity contribution in [2.24, 2.45) is 0 Å². The van der Waals surface area contributed by atoms with Gasteiger partial charge in [0, 0.05) is 18.5 Å². The third kappa shape index (κ3) is 5.50. The highest BCUT2D eigenvalue weighted by Gasteiger charge is 2.14. The average Bonchev–Trinajstić information content (AvgIpc) is 3.50. The summed E-state index contributed by atoms with van der Waals surface area (Å²) in [5, 5.41) is 19.0. The molecule has 0 bridgehead atoms. The fraction of sp³-hybridized carbons (Fsp3) is 0.423. The predicted octanol–water partition coefficient (Wildman–Crippen LogP) is 4.86. The van der Waals surface area contributed by atoms with Gasteiger partial charge in [-0.05, 0) is 40.0 Å². The van der Waals surface area contributed by atoms with Gasteiger partial charge in [-0.15, -0.1) is 5.10 Å². The van der Waals surface area contributed by atoms with Crippen molar-refractivity contribution < 1.29 is 0 Å². The molecule has 0 aliphatic heterocycles. The number of tetrazole rings is 1. The van der Waals surface area contributed by atoms with Crippen LogP contribution in [0.15, 0.2) is 53.3 Å². The second kappa shape index (κ2) is 11.5. The van der Waals surface area contributed by atoms with Crippen LogP contribution in [-0.4, -0.2) is 35.0 Å². The number of hydrogen-bond donors (Lipinski definition) is 1. The first-order valence-corrected chi connectivity index (χ1v) is 12.3. The van der Waals surface area contributed by atoms with Crippen molar-refractivity contribution in [2.75, 3.05) is 0 Å². The molecule has 0 spiro atoms. The Morgan fingerprint density at radius 2 is 1.62 bits per heavy atom. The summed E-state index contributed by atoms with van der Waals surface area (Å²) in [7, 11) is 0. The number of aryl methyl sites for hydroxylation is 2. The van der Waals surface area contributed by atoms with Gasteiger partial charge in [-0.1, -0.05) is 88.1 Å². The molecular formula is C26H33N7O. The molecule has 0 amide bonds. The Labute approximate surface area is 200 Å². The first-order chi connectivity index (χ1) is 16.7. The largest absolute Gasteiger partial charge is 0.346 e. The molecule has 0 atom stereocenters. The summed E-state index contributed by atoms with van der Waals surface area (Å²) >= 11 is 0. The minimum atomic E-state index is -0.00477. The molecule has 1 N–H and O–H groups in total. The predicted molar refractivity (Wildman–Crippen MR) is 133 cm³/mol. The van der Waals surface area contributed by atoms with Crippen LogP contribution in [-0.2, 0) is 19.5 Å². The molecule has 0 aliphatic rings. The Morgan fingerprint density at radius 3 is 2.32 bits per heavy atom. The van der Waals surface area contributed by atoms with Crippen LogP contribution in [0.1, 0.15) is 63.8 Å². The summed E-state index contributed by atoms with van der Waals surface area (Å²) in [4.78, 5) is 13.1. The molecule has 0 aliphatic carbocycles. The van der Waals surface area contributed by atoms with Crippen molar-refractivity contribution >= 4 is 0 Å². The maximum Gasteiger partial charge on any atom is 0.346 e. The molecule has 4 aromatic rings. The zero-order chi connectivity index (χ0) is 23.8. The van der Waals surface area contributed by atoms with Crippen LogP contribution in [0.25, 0.3) is 22.5 Å². The molecule has 0 saturated carbocycles. The van der Waals surface area contributed by atoms with Crippen LogP contribution in [0.2, 0.25) is 0 Å². The highest BCUT2D eigenvalue weighted by molar-refractivity contribution is 5.80. The molecular weight excluding hydrogens is 426 g/mol. The van der Waals surface area contributed by atoms with Crippen LogP contribution < -0.4 is 5.69 Å². The van der Waals surface area contributed by atoms with Crippen molar-refractivity contribution in [3.63, 3.8) is 0 Å². The van der Waals surface area contributed by atoms with Crippen molar-refractivity contribution in [3.05, 3.63) is 70.4 Å². The first kappa shape index (κ1) is 23.6. The fourth-order valence-corrected chi connectivity index (χ4v) is 4.21. The summed E-state index contributed by atoms with van der Waals surface area (Å²) in [6.07, 6.45) is 7.39. The molecule has 0 unspecified atom stereocenters. The van der Waals surface area contributed by atoms with E-state index in [9.17, 15) is 4.79 Å². The second-order valence-electron chi connectivity index (χ2n) is 8.66. The minimum absolute atomic E-state index is 0.00477. The van der Waals surface area contributed by atoms with Gasteiger partial charge in [-0.25, -0.2) is 14.6 Å². The fourth-order valence-electron chi connectivity index (χ4n) is 4.21. The van der Waals surface area contributed by atoms with Gasteiger partial charge in [-0.3, -0.25) is 4.57 Å². The lowest BCUT2D eigenvalue weighted by molar-refractivity contribution is 0.529. The van der Waals surface area contributed by atoms with Crippen molar-refractivity contribution in [1.82, 2.24) is 35.0 Å². The van der Waals surface area contributed by atoms with E-state index in [1.807, 2.05) is 22.8 Å². The zero-order valence-corrected chi connectivity index (χ0v) is 20.1. The van der Waals surface area contributed by atoms with E-state index in [0.29, 0.717) is 18.9 Å². The molecule has 8 nitrogen and oxygen atoms in total. The van der Waals surface area contributed by atoms with E-state index in [1.165, 1.54) is 0 Å². The summed E-state index contributed by atoms with van der Waals surface area (Å²) < 4.78 is 3.51. The lowest BCUT2D eigenvalue weighted by atomic mass is 9.98. The van der Waals surface area contributed by atoms with Gasteiger partial charge in [0.1, 0.15) is 5.82 Å². The van der Waals surface area contributed by atoms with Crippen molar-refractivity contribution in [2.45, 2.75) is 71.9 Å². The molecule has 4 rings (SSSR count). The van der Waals surface area contributed by atoms with E-state index in [4.69, 9.17) is 5.10 Å². The van der Waals surface area contributed by atoms with Gasteiger partial charge < -0.3 is 0 Å². The van der Waals surface area contributed by atoms with Crippen LogP contribution in [0.3, 0.4) is 0 Å². The van der Waals surface area contributed by atoms with Crippen molar-refractivity contribution in [3.8, 4) is 22.5 Å². The molecule has 34 heavy (non-hydrogen) atoms. The molecule has 2 aromatic carbocycles. The van der Waals surface area contributed by atoms with Crippen molar-refractivity contribution in [1.29, 1.82) is 0 Å². The third-order valence-electron chi connectivity index (χ3n) is 6.11. The number of benzene rings is 2. The highest BCUT2D eigenvalue weighted by Crippen LogP contribution is 2.29. The molecule has 8 heteroatoms. The van der Waals surface area contributed by atoms with Crippen LogP contribution >= 0.6 is 0 Å². The zero-order valence-electron chi connectivity index (χ0n) is 20.1. The van der Waals surface area contributed by atoms with Crippen LogP contribution in [0, 0.1) is 0 Å². The Balaban J connectivity index is 1.57. The maximum absolute atomic E-state index is 13.1. The van der Waals surface area contributed by atoms with E-state index >= 15 is 0 Å². The summed E-state index contributed by atoms with van der Waals surface area (Å²) in [6, 6.07) is 16.4. The number of nitrogens with zero attached hydrogens (tertiary/aromatic N) is 6. The second-order valence-corrected chi connectivity index (χ2v) is 8.66. The van der Waals surface area contributed by atoms with E-state index in [2.05, 4.69) is 64.8 Å². The molecule has 0 saturated heterocycles. The summed E-state index contributed by atoms with van der Waals surface area (Å²) in [5.74, 6) is 1.53. The van der Waals surface area contributed by atoms with E-state index in [0.717, 1.165) is 73.0 Å². The molecule has 2 heterocycles. The van der Waals surface area contributed by atoms with E-state index in [1.54, 1.807) is 4.68 Å². The number of aromatic amines is 1. The summed E-state index contributed by atoms with van der Waals surface area (Å²) in [5.41, 5.74) is 4.14. The van der Waals surface area contributed by atoms with Gasteiger partial charge >= 0.3 is 5.69 Å². The molecule has 0 radical (unpaired) electrons. The Morgan fingerprint density at radius 1 is 0.882 bits per heavy atom. The standard InChI is InChI=1S/C26H33N7O/c1-3-5-7-13-24-29-33(18-10-6-4-2)26(34)32(24)19-20-14-16-21(17-15-20)22-11-8-9-12-23(22)25-27-30-31-28-25/h8-9,11-12,14-17H,3-7,10,13,18-19H2,1-2H3,(H,27,28,30,31). The van der Waals surface area contributed by atoms with Gasteiger partial charge in [-0.2, -0.15) is 5.10 Å². The maximum atomic E-state index is 13.1. The van der Waals surface area contributed by atoms with Crippen LogP contribution in [0.4, 0.5) is 0 Å². The van der Waals surface area contributed by atoms with Gasteiger partial charge in [0.2, 0.25) is 0 Å². The topological polar surface area (TPSA) is 94.3 Å². The Hall–Kier alpha value is -3.55. The molecule has 2 aromatic heterocycles. The lowest BCUT2D eigenvalue weighted by Gasteiger charge is -2.09. The SMILES string of the molecule is CCCCCc1nn(CCCCC)c(=O)n1Cc1ccc(-c2ccccc2-c2nnn[nH]2)cc1. The number of H-pyrrole nitrogens is 1. The third-order valence-corrected chi connectivity index (χ3v) is 6.11.